The highest BCUT2D eigenvalue weighted by atomic mass is 15.5. The van der Waals surface area contributed by atoms with Crippen molar-refractivity contribution in [2.45, 2.75) is 138 Å². The minimum absolute atomic E-state index is 0.210. The third kappa shape index (κ3) is 8.46. The van der Waals surface area contributed by atoms with Crippen molar-refractivity contribution in [3.05, 3.63) is 71.8 Å². The molecule has 0 bridgehead atoms. The molecule has 0 radical (unpaired) electrons. The van der Waals surface area contributed by atoms with Crippen LogP contribution in [-0.4, -0.2) is 15.0 Å². The Morgan fingerprint density at radius 2 is 0.933 bits per heavy atom. The Hall–Kier alpha value is -2.94. The van der Waals surface area contributed by atoms with Crippen LogP contribution >= 0.6 is 0 Å². The molecule has 0 saturated carbocycles. The highest BCUT2D eigenvalue weighted by Gasteiger charge is 2.26. The molecule has 3 nitrogen and oxygen atoms in total. The van der Waals surface area contributed by atoms with Crippen LogP contribution in [0.3, 0.4) is 0 Å². The molecule has 0 spiro atoms. The van der Waals surface area contributed by atoms with Crippen molar-refractivity contribution >= 4 is 11.0 Å². The summed E-state index contributed by atoms with van der Waals surface area (Å²) in [6.45, 7) is 24.1. The smallest absolute Gasteiger partial charge is 0.121 e. The van der Waals surface area contributed by atoms with Crippen LogP contribution in [0.5, 0.6) is 0 Å². The Morgan fingerprint density at radius 3 is 1.24 bits per heavy atom. The van der Waals surface area contributed by atoms with Gasteiger partial charge in [0.1, 0.15) is 11.0 Å². The molecular formula is C42H61N3. The molecule has 0 aliphatic heterocycles. The molecular weight excluding hydrogens is 546 g/mol. The van der Waals surface area contributed by atoms with Crippen LogP contribution in [0.1, 0.15) is 132 Å². The van der Waals surface area contributed by atoms with Gasteiger partial charge in [0.2, 0.25) is 0 Å². The standard InChI is InChI=1S/C42H61N3/c1-11-41(9,27-13-15-30(3)4)35-21-17-33(18-22-35)37-25-26-38(40-39(37)43-45(44-40)29-32(7)8)34-19-23-36(24-20-34)42(10,12-2)28-14-16-31(5)6/h17-26,30-32H,11-16,27-29H2,1-10H3. The molecule has 0 amide bonds. The number of hydrogen-bond acceptors (Lipinski definition) is 2. The Morgan fingerprint density at radius 1 is 0.556 bits per heavy atom. The lowest BCUT2D eigenvalue weighted by atomic mass is 9.75. The molecule has 2 atom stereocenters. The van der Waals surface area contributed by atoms with Crippen molar-refractivity contribution in [2.75, 3.05) is 0 Å². The molecule has 2 unspecified atom stereocenters. The van der Waals surface area contributed by atoms with E-state index in [4.69, 9.17) is 10.2 Å². The van der Waals surface area contributed by atoms with E-state index < -0.39 is 0 Å². The summed E-state index contributed by atoms with van der Waals surface area (Å²) in [7, 11) is 0. The first-order chi connectivity index (χ1) is 21.4. The van der Waals surface area contributed by atoms with Crippen molar-refractivity contribution in [1.29, 1.82) is 0 Å². The van der Waals surface area contributed by atoms with Gasteiger partial charge in [-0.1, -0.05) is 156 Å². The van der Waals surface area contributed by atoms with Crippen molar-refractivity contribution in [1.82, 2.24) is 15.0 Å². The molecule has 0 aliphatic carbocycles. The van der Waals surface area contributed by atoms with Gasteiger partial charge in [0.15, 0.2) is 0 Å². The summed E-state index contributed by atoms with van der Waals surface area (Å²) < 4.78 is 0. The van der Waals surface area contributed by atoms with Gasteiger partial charge in [-0.2, -0.15) is 15.0 Å². The Bertz CT molecular complexity index is 1380. The van der Waals surface area contributed by atoms with E-state index in [-0.39, 0.29) is 10.8 Å². The summed E-state index contributed by atoms with van der Waals surface area (Å²) in [5, 5.41) is 10.2. The van der Waals surface area contributed by atoms with Crippen LogP contribution in [0.25, 0.3) is 33.3 Å². The quantitative estimate of drug-likeness (QED) is 0.127. The third-order valence-electron chi connectivity index (χ3n) is 10.5. The predicted octanol–water partition coefficient (Wildman–Crippen LogP) is 12.4. The number of rotatable bonds is 16. The molecule has 0 aliphatic rings. The van der Waals surface area contributed by atoms with E-state index in [0.717, 1.165) is 53.4 Å². The maximum Gasteiger partial charge on any atom is 0.121 e. The van der Waals surface area contributed by atoms with E-state index in [9.17, 15) is 0 Å². The molecule has 4 rings (SSSR count). The monoisotopic (exact) mass is 607 g/mol. The lowest BCUT2D eigenvalue weighted by Gasteiger charge is -2.29. The lowest BCUT2D eigenvalue weighted by molar-refractivity contribution is 0.382. The summed E-state index contributed by atoms with van der Waals surface area (Å²) >= 11 is 0. The fourth-order valence-electron chi connectivity index (χ4n) is 6.87. The van der Waals surface area contributed by atoms with Gasteiger partial charge < -0.3 is 0 Å². The first kappa shape index (κ1) is 34.9. The first-order valence-electron chi connectivity index (χ1n) is 18.0. The maximum absolute atomic E-state index is 5.08. The molecule has 45 heavy (non-hydrogen) atoms. The summed E-state index contributed by atoms with van der Waals surface area (Å²) in [5.74, 6) is 2.00. The van der Waals surface area contributed by atoms with E-state index in [2.05, 4.69) is 130 Å². The summed E-state index contributed by atoms with van der Waals surface area (Å²) in [5.41, 5.74) is 10.0. The number of hydrogen-bond donors (Lipinski definition) is 0. The average molecular weight is 608 g/mol. The van der Waals surface area contributed by atoms with Gasteiger partial charge in [-0.25, -0.2) is 0 Å². The normalized spacial score (nSPS) is 14.9. The van der Waals surface area contributed by atoms with Gasteiger partial charge in [0.25, 0.3) is 0 Å². The maximum atomic E-state index is 5.08. The second-order valence-corrected chi connectivity index (χ2v) is 15.6. The molecule has 1 aromatic heterocycles. The van der Waals surface area contributed by atoms with E-state index in [1.165, 1.54) is 60.8 Å². The number of nitrogens with zero attached hydrogens (tertiary/aromatic N) is 3. The molecule has 0 fully saturated rings. The number of aromatic nitrogens is 3. The van der Waals surface area contributed by atoms with E-state index in [1.807, 2.05) is 4.80 Å². The molecule has 0 saturated heterocycles. The summed E-state index contributed by atoms with van der Waals surface area (Å²) in [6, 6.07) is 23.2. The fourth-order valence-corrected chi connectivity index (χ4v) is 6.87. The average Bonchev–Trinajstić information content (AvgIpc) is 3.43. The first-order valence-corrected chi connectivity index (χ1v) is 18.0. The Labute approximate surface area is 275 Å². The second kappa shape index (κ2) is 15.1. The van der Waals surface area contributed by atoms with E-state index in [0.29, 0.717) is 5.92 Å². The largest absolute Gasteiger partial charge is 0.183 e. The summed E-state index contributed by atoms with van der Waals surface area (Å²) in [4.78, 5) is 1.91. The van der Waals surface area contributed by atoms with E-state index >= 15 is 0 Å². The van der Waals surface area contributed by atoms with Crippen molar-refractivity contribution in [3.63, 3.8) is 0 Å². The van der Waals surface area contributed by atoms with Crippen LogP contribution in [0.4, 0.5) is 0 Å². The zero-order valence-electron chi connectivity index (χ0n) is 30.2. The third-order valence-corrected chi connectivity index (χ3v) is 10.5. The molecule has 4 aromatic rings. The molecule has 0 N–H and O–H groups in total. The highest BCUT2D eigenvalue weighted by molar-refractivity contribution is 6.00. The van der Waals surface area contributed by atoms with Gasteiger partial charge in [-0.15, -0.1) is 0 Å². The molecule has 244 valence electrons. The Kier molecular flexibility index (Phi) is 11.7. The zero-order valence-corrected chi connectivity index (χ0v) is 30.2. The minimum Gasteiger partial charge on any atom is -0.183 e. The zero-order chi connectivity index (χ0) is 32.8. The van der Waals surface area contributed by atoms with Gasteiger partial charge >= 0.3 is 0 Å². The Balaban J connectivity index is 1.68. The van der Waals surface area contributed by atoms with Crippen molar-refractivity contribution < 1.29 is 0 Å². The van der Waals surface area contributed by atoms with Crippen LogP contribution in [0.2, 0.25) is 0 Å². The van der Waals surface area contributed by atoms with Crippen LogP contribution in [0, 0.1) is 17.8 Å². The van der Waals surface area contributed by atoms with E-state index in [1.54, 1.807) is 0 Å². The van der Waals surface area contributed by atoms with Crippen molar-refractivity contribution in [3.8, 4) is 22.3 Å². The highest BCUT2D eigenvalue weighted by Crippen LogP contribution is 2.39. The second-order valence-electron chi connectivity index (χ2n) is 15.6. The van der Waals surface area contributed by atoms with Gasteiger partial charge in [0, 0.05) is 11.1 Å². The molecule has 1 heterocycles. The van der Waals surface area contributed by atoms with Crippen LogP contribution in [0.15, 0.2) is 60.7 Å². The van der Waals surface area contributed by atoms with Gasteiger partial charge in [-0.05, 0) is 76.5 Å². The lowest BCUT2D eigenvalue weighted by Crippen LogP contribution is -2.21. The number of benzene rings is 3. The minimum atomic E-state index is 0.210. The topological polar surface area (TPSA) is 30.7 Å². The summed E-state index contributed by atoms with van der Waals surface area (Å²) in [6.07, 6.45) is 9.92. The molecule has 3 aromatic carbocycles. The van der Waals surface area contributed by atoms with Crippen molar-refractivity contribution in [2.24, 2.45) is 17.8 Å². The van der Waals surface area contributed by atoms with Crippen LogP contribution < -0.4 is 0 Å². The number of fused-ring (bicyclic) bond motifs is 1. The predicted molar refractivity (Wildman–Crippen MR) is 196 cm³/mol. The van der Waals surface area contributed by atoms with Gasteiger partial charge in [-0.3, -0.25) is 0 Å². The van der Waals surface area contributed by atoms with Crippen LogP contribution in [-0.2, 0) is 17.4 Å². The van der Waals surface area contributed by atoms with Gasteiger partial charge in [0.05, 0.1) is 6.54 Å². The molecule has 3 heteroatoms. The SMILES string of the molecule is CCC(C)(CCCC(C)C)c1ccc(-c2ccc(-c3ccc(C(C)(CC)CCCC(C)C)cc3)c3nn(CC(C)C)nc23)cc1. The fraction of sp³-hybridized carbons (Fsp3) is 0.571.